The molecule has 100 valence electrons. The Kier molecular flexibility index (Phi) is 4.44. The summed E-state index contributed by atoms with van der Waals surface area (Å²) < 4.78 is 26.0. The van der Waals surface area contributed by atoms with Crippen LogP contribution in [0.1, 0.15) is 44.9 Å². The number of hydrogen-bond acceptors (Lipinski definition) is 3. The van der Waals surface area contributed by atoms with Crippen LogP contribution < -0.4 is 5.73 Å². The van der Waals surface area contributed by atoms with E-state index in [1.807, 2.05) is 0 Å². The molecule has 1 saturated heterocycles. The standard InChI is InChI=1S/C12H24N2O2S/c13-12(11-6-2-3-7-11)10-17(15,16)14-8-4-1-5-9-14/h11-12H,1-10,13H2. The zero-order chi connectivity index (χ0) is 12.3. The lowest BCUT2D eigenvalue weighted by atomic mass is 10.0. The van der Waals surface area contributed by atoms with Crippen LogP contribution in [0.25, 0.3) is 0 Å². The molecule has 0 bridgehead atoms. The normalized spacial score (nSPS) is 26.2. The maximum absolute atomic E-state index is 12.2. The fourth-order valence-electron chi connectivity index (χ4n) is 3.01. The Balaban J connectivity index is 1.91. The Morgan fingerprint density at radius 3 is 2.24 bits per heavy atom. The van der Waals surface area contributed by atoms with Gasteiger partial charge in [0, 0.05) is 19.1 Å². The summed E-state index contributed by atoms with van der Waals surface area (Å²) in [7, 11) is -3.11. The van der Waals surface area contributed by atoms with Crippen LogP contribution in [0.5, 0.6) is 0 Å². The molecule has 1 aliphatic heterocycles. The zero-order valence-corrected chi connectivity index (χ0v) is 11.3. The van der Waals surface area contributed by atoms with Gasteiger partial charge in [0.25, 0.3) is 0 Å². The highest BCUT2D eigenvalue weighted by Gasteiger charge is 2.30. The molecule has 2 aliphatic rings. The van der Waals surface area contributed by atoms with Crippen LogP contribution in [0.2, 0.25) is 0 Å². The first-order valence-corrected chi connectivity index (χ1v) is 8.44. The molecule has 5 heteroatoms. The number of hydrogen-bond donors (Lipinski definition) is 1. The van der Waals surface area contributed by atoms with Gasteiger partial charge in [-0.1, -0.05) is 19.3 Å². The fraction of sp³-hybridized carbons (Fsp3) is 1.00. The van der Waals surface area contributed by atoms with Crippen molar-refractivity contribution in [2.45, 2.75) is 51.0 Å². The molecule has 1 atom stereocenters. The molecule has 1 aliphatic carbocycles. The van der Waals surface area contributed by atoms with E-state index in [9.17, 15) is 8.42 Å². The predicted molar refractivity (Wildman–Crippen MR) is 69.1 cm³/mol. The van der Waals surface area contributed by atoms with Crippen LogP contribution in [0.15, 0.2) is 0 Å². The van der Waals surface area contributed by atoms with Gasteiger partial charge in [-0.15, -0.1) is 0 Å². The summed E-state index contributed by atoms with van der Waals surface area (Å²) in [6.07, 6.45) is 7.79. The summed E-state index contributed by atoms with van der Waals surface area (Å²) in [5.41, 5.74) is 6.07. The van der Waals surface area contributed by atoms with Gasteiger partial charge in [-0.3, -0.25) is 0 Å². The van der Waals surface area contributed by atoms with E-state index in [2.05, 4.69) is 0 Å². The van der Waals surface area contributed by atoms with Crippen LogP contribution in [0.3, 0.4) is 0 Å². The molecule has 0 aromatic rings. The highest BCUT2D eigenvalue weighted by Crippen LogP contribution is 2.28. The number of rotatable bonds is 4. The van der Waals surface area contributed by atoms with Crippen LogP contribution in [0.4, 0.5) is 0 Å². The molecule has 4 nitrogen and oxygen atoms in total. The molecular weight excluding hydrogens is 236 g/mol. The maximum atomic E-state index is 12.2. The van der Waals surface area contributed by atoms with E-state index < -0.39 is 10.0 Å². The maximum Gasteiger partial charge on any atom is 0.215 e. The van der Waals surface area contributed by atoms with Crippen molar-refractivity contribution < 1.29 is 8.42 Å². The lowest BCUT2D eigenvalue weighted by Crippen LogP contribution is -2.44. The first-order chi connectivity index (χ1) is 8.09. The monoisotopic (exact) mass is 260 g/mol. The van der Waals surface area contributed by atoms with Gasteiger partial charge in [0.05, 0.1) is 5.75 Å². The van der Waals surface area contributed by atoms with Gasteiger partial charge in [0.1, 0.15) is 0 Å². The minimum absolute atomic E-state index is 0.150. The highest BCUT2D eigenvalue weighted by atomic mass is 32.2. The summed E-state index contributed by atoms with van der Waals surface area (Å²) in [6.45, 7) is 1.39. The minimum atomic E-state index is -3.11. The average molecular weight is 260 g/mol. The summed E-state index contributed by atoms with van der Waals surface area (Å²) >= 11 is 0. The number of nitrogens with zero attached hydrogens (tertiary/aromatic N) is 1. The fourth-order valence-corrected chi connectivity index (χ4v) is 4.80. The number of piperidine rings is 1. The third kappa shape index (κ3) is 3.42. The first kappa shape index (κ1) is 13.3. The molecule has 0 amide bonds. The Bertz CT molecular complexity index is 330. The molecule has 1 unspecified atom stereocenters. The van der Waals surface area contributed by atoms with Gasteiger partial charge in [-0.25, -0.2) is 12.7 Å². The van der Waals surface area contributed by atoms with Crippen molar-refractivity contribution in [2.24, 2.45) is 11.7 Å². The van der Waals surface area contributed by atoms with E-state index in [1.165, 1.54) is 12.8 Å². The zero-order valence-electron chi connectivity index (χ0n) is 10.5. The SMILES string of the molecule is NC(CS(=O)(=O)N1CCCCC1)C1CCCC1. The second-order valence-corrected chi connectivity index (χ2v) is 7.46. The van der Waals surface area contributed by atoms with E-state index in [0.717, 1.165) is 32.1 Å². The van der Waals surface area contributed by atoms with Crippen LogP contribution in [-0.2, 0) is 10.0 Å². The van der Waals surface area contributed by atoms with Gasteiger partial charge in [0.15, 0.2) is 0 Å². The second-order valence-electron chi connectivity index (χ2n) is 5.45. The van der Waals surface area contributed by atoms with Gasteiger partial charge in [0.2, 0.25) is 10.0 Å². The van der Waals surface area contributed by atoms with Gasteiger partial charge >= 0.3 is 0 Å². The molecule has 0 spiro atoms. The van der Waals surface area contributed by atoms with E-state index in [0.29, 0.717) is 19.0 Å². The quantitative estimate of drug-likeness (QED) is 0.829. The highest BCUT2D eigenvalue weighted by molar-refractivity contribution is 7.89. The second kappa shape index (κ2) is 5.67. The summed E-state index contributed by atoms with van der Waals surface area (Å²) in [4.78, 5) is 0. The van der Waals surface area contributed by atoms with E-state index in [4.69, 9.17) is 5.73 Å². The third-order valence-electron chi connectivity index (χ3n) is 4.12. The molecule has 0 aromatic heterocycles. The lowest BCUT2D eigenvalue weighted by Gasteiger charge is -2.28. The molecular formula is C12H24N2O2S. The minimum Gasteiger partial charge on any atom is -0.326 e. The summed E-state index contributed by atoms with van der Waals surface area (Å²) in [5.74, 6) is 0.576. The van der Waals surface area contributed by atoms with Crippen molar-refractivity contribution in [1.29, 1.82) is 0 Å². The van der Waals surface area contributed by atoms with Crippen molar-refractivity contribution in [3.05, 3.63) is 0 Å². The summed E-state index contributed by atoms with van der Waals surface area (Å²) in [6, 6.07) is -0.163. The van der Waals surface area contributed by atoms with Crippen LogP contribution in [-0.4, -0.2) is 37.6 Å². The number of sulfonamides is 1. The topological polar surface area (TPSA) is 63.4 Å². The van der Waals surface area contributed by atoms with Crippen molar-refractivity contribution in [2.75, 3.05) is 18.8 Å². The van der Waals surface area contributed by atoms with Crippen molar-refractivity contribution in [3.8, 4) is 0 Å². The smallest absolute Gasteiger partial charge is 0.215 e. The van der Waals surface area contributed by atoms with E-state index in [1.54, 1.807) is 4.31 Å². The Hall–Kier alpha value is -0.130. The van der Waals surface area contributed by atoms with Crippen molar-refractivity contribution >= 4 is 10.0 Å². The predicted octanol–water partition coefficient (Wildman–Crippen LogP) is 1.32. The van der Waals surface area contributed by atoms with Crippen molar-refractivity contribution in [3.63, 3.8) is 0 Å². The summed E-state index contributed by atoms with van der Waals surface area (Å²) in [5, 5.41) is 0. The lowest BCUT2D eigenvalue weighted by molar-refractivity contribution is 0.341. The number of nitrogens with two attached hydrogens (primary N) is 1. The third-order valence-corrected chi connectivity index (χ3v) is 6.07. The molecule has 0 aromatic carbocycles. The Morgan fingerprint density at radius 2 is 1.65 bits per heavy atom. The van der Waals surface area contributed by atoms with E-state index in [-0.39, 0.29) is 11.8 Å². The molecule has 2 rings (SSSR count). The Morgan fingerprint density at radius 1 is 1.06 bits per heavy atom. The molecule has 0 radical (unpaired) electrons. The molecule has 1 saturated carbocycles. The molecule has 2 N–H and O–H groups in total. The van der Waals surface area contributed by atoms with Gasteiger partial charge in [-0.2, -0.15) is 0 Å². The molecule has 17 heavy (non-hydrogen) atoms. The molecule has 2 fully saturated rings. The Labute approximate surface area is 105 Å². The van der Waals surface area contributed by atoms with Gasteiger partial charge < -0.3 is 5.73 Å². The van der Waals surface area contributed by atoms with E-state index >= 15 is 0 Å². The van der Waals surface area contributed by atoms with Gasteiger partial charge in [-0.05, 0) is 31.6 Å². The largest absolute Gasteiger partial charge is 0.326 e. The average Bonchev–Trinajstić information content (AvgIpc) is 2.83. The first-order valence-electron chi connectivity index (χ1n) is 6.83. The van der Waals surface area contributed by atoms with Crippen molar-refractivity contribution in [1.82, 2.24) is 4.31 Å². The van der Waals surface area contributed by atoms with Crippen LogP contribution in [0, 0.1) is 5.92 Å². The van der Waals surface area contributed by atoms with Crippen LogP contribution >= 0.6 is 0 Å². The molecule has 1 heterocycles.